The number of aromatic nitrogens is 3. The topological polar surface area (TPSA) is 48.4 Å². The number of hydrogen-bond donors (Lipinski definition) is 0. The van der Waals surface area contributed by atoms with Gasteiger partial charge < -0.3 is 13.5 Å². The summed E-state index contributed by atoms with van der Waals surface area (Å²) < 4.78 is 7.07. The molecule has 0 bridgehead atoms. The SMILES string of the molecule is CC(C)(C)c1ccc2c(c1)c(=O)c1cc(-n3c4ccccc4c4ccc5c6ccccc6n(-c6cccc7c6C6(c8ccccc8-c8ccccc86)c6ccccc6-7)c5c43)cc3c(=O)c4cc(C(C)(C)C)ccc4n2c13. The van der Waals surface area contributed by atoms with E-state index in [2.05, 4.69) is 255 Å². The predicted octanol–water partition coefficient (Wildman–Crippen LogP) is 16.7. The van der Waals surface area contributed by atoms with Crippen LogP contribution in [-0.4, -0.2) is 13.5 Å². The molecule has 362 valence electrons. The Balaban J connectivity index is 1.09. The third kappa shape index (κ3) is 5.34. The molecule has 0 amide bonds. The van der Waals surface area contributed by atoms with Crippen LogP contribution in [0.2, 0.25) is 0 Å². The number of hydrogen-bond acceptors (Lipinski definition) is 2. The van der Waals surface area contributed by atoms with E-state index in [1.54, 1.807) is 0 Å². The molecule has 0 unspecified atom stereocenters. The lowest BCUT2D eigenvalue weighted by molar-refractivity contribution is 0.591. The van der Waals surface area contributed by atoms with Crippen LogP contribution in [0.3, 0.4) is 0 Å². The molecule has 4 heterocycles. The molecule has 2 aliphatic carbocycles. The Morgan fingerprint density at radius 2 is 0.776 bits per heavy atom. The van der Waals surface area contributed by atoms with Crippen molar-refractivity contribution >= 4 is 81.7 Å². The van der Waals surface area contributed by atoms with Gasteiger partial charge in [0.25, 0.3) is 0 Å². The van der Waals surface area contributed by atoms with Crippen LogP contribution in [0.25, 0.3) is 115 Å². The van der Waals surface area contributed by atoms with Gasteiger partial charge in [0.1, 0.15) is 0 Å². The van der Waals surface area contributed by atoms with Crippen molar-refractivity contribution in [3.05, 3.63) is 254 Å². The van der Waals surface area contributed by atoms with E-state index in [-0.39, 0.29) is 21.7 Å². The highest BCUT2D eigenvalue weighted by atomic mass is 16.1. The summed E-state index contributed by atoms with van der Waals surface area (Å²) in [6.45, 7) is 13.1. The highest BCUT2D eigenvalue weighted by molar-refractivity contribution is 6.24. The minimum Gasteiger partial charge on any atom is -0.308 e. The van der Waals surface area contributed by atoms with E-state index < -0.39 is 5.41 Å². The van der Waals surface area contributed by atoms with E-state index in [0.29, 0.717) is 27.1 Å². The standard InChI is InChI=1S/C71H51N3O2/c1-69(2,3)40-30-34-60-51(36-40)67(75)53-38-42(39-54-64(53)73(60)61-35-31-41(70(4,5)6)37-52(61)68(54)76)72-58-27-15-10-21-46(58)49-32-33-50-47-22-11-16-28-59(47)74(66(50)65(49)72)62-29-17-23-48-45-20-9-14-26-57(45)71(63(48)62)55-24-12-7-18-43(55)44-19-8-13-25-56(44)71/h7-39H,1-6H3. The Labute approximate surface area is 438 Å². The summed E-state index contributed by atoms with van der Waals surface area (Å²) in [5.41, 5.74) is 19.3. The van der Waals surface area contributed by atoms with Crippen molar-refractivity contribution in [3.63, 3.8) is 0 Å². The Morgan fingerprint density at radius 1 is 0.342 bits per heavy atom. The van der Waals surface area contributed by atoms with Gasteiger partial charge in [-0.3, -0.25) is 9.59 Å². The summed E-state index contributed by atoms with van der Waals surface area (Å²) in [5, 5.41) is 6.73. The number of benzene rings is 10. The van der Waals surface area contributed by atoms with Crippen molar-refractivity contribution < 1.29 is 0 Å². The van der Waals surface area contributed by atoms with Gasteiger partial charge in [-0.2, -0.15) is 0 Å². The molecule has 0 radical (unpaired) electrons. The van der Waals surface area contributed by atoms with Crippen LogP contribution in [0.15, 0.2) is 210 Å². The average Bonchev–Trinajstić information content (AvgIpc) is 4.19. The van der Waals surface area contributed by atoms with E-state index in [1.165, 1.54) is 44.5 Å². The molecule has 4 aromatic heterocycles. The number of para-hydroxylation sites is 2. The van der Waals surface area contributed by atoms with E-state index >= 15 is 9.59 Å². The van der Waals surface area contributed by atoms with Crippen molar-refractivity contribution in [2.24, 2.45) is 0 Å². The van der Waals surface area contributed by atoms with Gasteiger partial charge in [-0.25, -0.2) is 0 Å². The van der Waals surface area contributed by atoms with E-state index in [0.717, 1.165) is 77.1 Å². The smallest absolute Gasteiger partial charge is 0.197 e. The van der Waals surface area contributed by atoms with Gasteiger partial charge >= 0.3 is 0 Å². The Bertz CT molecular complexity index is 4890. The second kappa shape index (κ2) is 14.6. The van der Waals surface area contributed by atoms with Gasteiger partial charge in [0.2, 0.25) is 0 Å². The minimum atomic E-state index is -0.603. The summed E-state index contributed by atoms with van der Waals surface area (Å²) >= 11 is 0. The molecule has 16 rings (SSSR count). The molecular weight excluding hydrogens is 927 g/mol. The summed E-state index contributed by atoms with van der Waals surface area (Å²) in [5.74, 6) is 0. The molecule has 5 heteroatoms. The third-order valence-corrected chi connectivity index (χ3v) is 17.5. The van der Waals surface area contributed by atoms with Crippen LogP contribution in [0, 0.1) is 0 Å². The van der Waals surface area contributed by atoms with Crippen LogP contribution in [0.4, 0.5) is 0 Å². The van der Waals surface area contributed by atoms with Crippen molar-refractivity contribution in [2.45, 2.75) is 57.8 Å². The quantitative estimate of drug-likeness (QED) is 0.128. The first-order valence-electron chi connectivity index (χ1n) is 26.6. The van der Waals surface area contributed by atoms with Crippen molar-refractivity contribution in [1.82, 2.24) is 13.5 Å². The lowest BCUT2D eigenvalue weighted by Crippen LogP contribution is -2.27. The van der Waals surface area contributed by atoms with Crippen LogP contribution < -0.4 is 10.9 Å². The molecule has 1 spiro atoms. The van der Waals surface area contributed by atoms with Gasteiger partial charge in [-0.1, -0.05) is 187 Å². The van der Waals surface area contributed by atoms with Crippen molar-refractivity contribution in [3.8, 4) is 33.6 Å². The molecule has 76 heavy (non-hydrogen) atoms. The number of rotatable bonds is 2. The van der Waals surface area contributed by atoms with E-state index in [9.17, 15) is 0 Å². The van der Waals surface area contributed by atoms with Crippen molar-refractivity contribution in [1.29, 1.82) is 0 Å². The molecule has 2 aliphatic rings. The maximum absolute atomic E-state index is 15.6. The van der Waals surface area contributed by atoms with Crippen LogP contribution >= 0.6 is 0 Å². The Hall–Kier alpha value is -9.06. The largest absolute Gasteiger partial charge is 0.308 e. The minimum absolute atomic E-state index is 0.0834. The number of fused-ring (bicyclic) bond motifs is 21. The fraction of sp³-hybridized carbons (Fsp3) is 0.127. The van der Waals surface area contributed by atoms with Gasteiger partial charge in [-0.15, -0.1) is 0 Å². The predicted molar refractivity (Wildman–Crippen MR) is 316 cm³/mol. The molecule has 0 saturated heterocycles. The number of nitrogens with zero attached hydrogens (tertiary/aromatic N) is 3. The maximum atomic E-state index is 15.6. The second-order valence-electron chi connectivity index (χ2n) is 23.5. The molecule has 5 nitrogen and oxygen atoms in total. The normalized spacial score (nSPS) is 13.9. The summed E-state index contributed by atoms with van der Waals surface area (Å²) in [7, 11) is 0. The summed E-state index contributed by atoms with van der Waals surface area (Å²) in [6, 6.07) is 72.6. The van der Waals surface area contributed by atoms with E-state index in [1.807, 2.05) is 0 Å². The van der Waals surface area contributed by atoms with Crippen LogP contribution in [0.5, 0.6) is 0 Å². The molecule has 0 aliphatic heterocycles. The second-order valence-corrected chi connectivity index (χ2v) is 23.5. The number of pyridine rings is 2. The maximum Gasteiger partial charge on any atom is 0.197 e. The molecule has 0 atom stereocenters. The van der Waals surface area contributed by atoms with Crippen LogP contribution in [0.1, 0.15) is 74.9 Å². The first-order valence-corrected chi connectivity index (χ1v) is 26.6. The lowest BCUT2D eigenvalue weighted by Gasteiger charge is -2.32. The Kier molecular flexibility index (Phi) is 8.34. The lowest BCUT2D eigenvalue weighted by atomic mass is 9.70. The molecule has 0 N–H and O–H groups in total. The van der Waals surface area contributed by atoms with Gasteiger partial charge in [0.15, 0.2) is 10.9 Å². The first-order chi connectivity index (χ1) is 36.8. The fourth-order valence-corrected chi connectivity index (χ4v) is 14.1. The van der Waals surface area contributed by atoms with Gasteiger partial charge in [-0.05, 0) is 115 Å². The van der Waals surface area contributed by atoms with E-state index in [4.69, 9.17) is 0 Å². The summed E-state index contributed by atoms with van der Waals surface area (Å²) in [6.07, 6.45) is 0. The fourth-order valence-electron chi connectivity index (χ4n) is 14.1. The average molecular weight is 978 g/mol. The first kappa shape index (κ1) is 43.4. The monoisotopic (exact) mass is 977 g/mol. The van der Waals surface area contributed by atoms with Gasteiger partial charge in [0, 0.05) is 54.3 Å². The third-order valence-electron chi connectivity index (χ3n) is 17.5. The zero-order valence-electron chi connectivity index (χ0n) is 43.2. The van der Waals surface area contributed by atoms with Gasteiger partial charge in [0.05, 0.1) is 49.7 Å². The summed E-state index contributed by atoms with van der Waals surface area (Å²) in [4.78, 5) is 31.2. The Morgan fingerprint density at radius 3 is 1.29 bits per heavy atom. The highest BCUT2D eigenvalue weighted by Crippen LogP contribution is 2.64. The molecule has 0 saturated carbocycles. The van der Waals surface area contributed by atoms with Crippen molar-refractivity contribution in [2.75, 3.05) is 0 Å². The van der Waals surface area contributed by atoms with Crippen LogP contribution in [-0.2, 0) is 16.2 Å². The zero-order valence-corrected chi connectivity index (χ0v) is 43.2. The highest BCUT2D eigenvalue weighted by Gasteiger charge is 2.53. The molecule has 14 aromatic rings. The zero-order chi connectivity index (χ0) is 51.3. The molecule has 10 aromatic carbocycles. The molecular formula is C71H51N3O2. The molecule has 0 fully saturated rings.